The Bertz CT molecular complexity index is 562. The average molecular weight is 330 g/mol. The number of hydrogen-bond acceptors (Lipinski definition) is 3. The maximum Gasteiger partial charge on any atom is 0.303 e. The zero-order valence-corrected chi connectivity index (χ0v) is 14.3. The van der Waals surface area contributed by atoms with Crippen LogP contribution in [0, 0.1) is 35.5 Å². The number of hydrogen-bond donors (Lipinski definition) is 2. The van der Waals surface area contributed by atoms with Gasteiger partial charge in [-0.3, -0.25) is 4.79 Å². The average Bonchev–Trinajstić information content (AvgIpc) is 3.32. The van der Waals surface area contributed by atoms with E-state index in [1.807, 2.05) is 0 Å². The third kappa shape index (κ3) is 9.96. The lowest BCUT2D eigenvalue weighted by molar-refractivity contribution is -0.137. The van der Waals surface area contributed by atoms with Gasteiger partial charge in [-0.05, 0) is 12.8 Å². The van der Waals surface area contributed by atoms with Crippen molar-refractivity contribution in [3.63, 3.8) is 0 Å². The predicted octanol–water partition coefficient (Wildman–Crippen LogP) is 2.74. The first-order valence-electron chi connectivity index (χ1n) is 8.60. The number of aliphatic carboxylic acids is 1. The van der Waals surface area contributed by atoms with Crippen LogP contribution in [0.15, 0.2) is 0 Å². The summed E-state index contributed by atoms with van der Waals surface area (Å²) in [5.41, 5.74) is 0. The first-order chi connectivity index (χ1) is 11.6. The third-order valence-corrected chi connectivity index (χ3v) is 3.51. The summed E-state index contributed by atoms with van der Waals surface area (Å²) in [5, 5.41) is 18.4. The van der Waals surface area contributed by atoms with Crippen molar-refractivity contribution in [1.82, 2.24) is 0 Å². The summed E-state index contributed by atoms with van der Waals surface area (Å²) in [7, 11) is 0. The molecular formula is C20H26O4. The molecule has 0 amide bonds. The monoisotopic (exact) mass is 330 g/mol. The van der Waals surface area contributed by atoms with Gasteiger partial charge in [0.05, 0.1) is 12.5 Å². The van der Waals surface area contributed by atoms with Crippen molar-refractivity contribution in [3.05, 3.63) is 0 Å². The molecule has 0 aromatic carbocycles. The second kappa shape index (κ2) is 12.5. The number of aliphatic hydroxyl groups excluding tert-OH is 1. The van der Waals surface area contributed by atoms with E-state index in [9.17, 15) is 9.90 Å². The molecule has 0 aliphatic carbocycles. The molecule has 0 unspecified atom stereocenters. The molecule has 0 saturated carbocycles. The van der Waals surface area contributed by atoms with Crippen molar-refractivity contribution in [2.45, 2.75) is 83.0 Å². The molecular weight excluding hydrogens is 304 g/mol. The number of epoxide rings is 1. The molecule has 1 fully saturated rings. The summed E-state index contributed by atoms with van der Waals surface area (Å²) in [6.45, 7) is 2.17. The lowest BCUT2D eigenvalue weighted by Gasteiger charge is -1.94. The molecule has 130 valence electrons. The number of ether oxygens (including phenoxy) is 1. The van der Waals surface area contributed by atoms with E-state index >= 15 is 0 Å². The van der Waals surface area contributed by atoms with E-state index in [1.165, 1.54) is 12.8 Å². The molecule has 4 heteroatoms. The fourth-order valence-electron chi connectivity index (χ4n) is 2.08. The zero-order chi connectivity index (χ0) is 17.6. The minimum atomic E-state index is -0.797. The fraction of sp³-hybridized carbons (Fsp3) is 0.650. The van der Waals surface area contributed by atoms with Gasteiger partial charge >= 0.3 is 5.97 Å². The molecule has 0 aromatic rings. The number of carboxylic acid groups (broad SMARTS) is 1. The van der Waals surface area contributed by atoms with E-state index in [4.69, 9.17) is 9.84 Å². The molecule has 1 saturated heterocycles. The standard InChI is InChI=1S/C20H26O4/c1-2-3-4-5-6-7-8-11-14-17(21)20-18(24-20)15-12-9-10-13-16-19(22)23/h17-18,20-21H,2-5,8,10,13,15-16H2,1H3,(H,22,23)/t17-,18-,20-/m1/s1. The van der Waals surface area contributed by atoms with E-state index < -0.39 is 12.1 Å². The Morgan fingerprint density at radius 1 is 1.08 bits per heavy atom. The largest absolute Gasteiger partial charge is 0.481 e. The van der Waals surface area contributed by atoms with Crippen LogP contribution in [0.1, 0.15) is 64.7 Å². The molecule has 0 spiro atoms. The Morgan fingerprint density at radius 3 is 2.58 bits per heavy atom. The SMILES string of the molecule is CCCCCC#CCC#C[C@@H](O)[C@H]1O[C@@H]1CC#CCCCC(=O)O. The summed E-state index contributed by atoms with van der Waals surface area (Å²) in [6, 6.07) is 0. The summed E-state index contributed by atoms with van der Waals surface area (Å²) in [5.74, 6) is 16.8. The molecule has 0 radical (unpaired) electrons. The Hall–Kier alpha value is -1.93. The van der Waals surface area contributed by atoms with Crippen LogP contribution in [0.4, 0.5) is 0 Å². The molecule has 1 aliphatic heterocycles. The van der Waals surface area contributed by atoms with Gasteiger partial charge in [0.15, 0.2) is 0 Å². The molecule has 24 heavy (non-hydrogen) atoms. The molecule has 3 atom stereocenters. The van der Waals surface area contributed by atoms with Gasteiger partial charge in [0, 0.05) is 25.7 Å². The van der Waals surface area contributed by atoms with Crippen LogP contribution in [0.5, 0.6) is 0 Å². The number of aliphatic hydroxyl groups is 1. The Balaban J connectivity index is 2.12. The molecule has 2 N–H and O–H groups in total. The molecule has 4 nitrogen and oxygen atoms in total. The van der Waals surface area contributed by atoms with Gasteiger partial charge in [0.1, 0.15) is 12.2 Å². The van der Waals surface area contributed by atoms with Crippen LogP contribution in [-0.2, 0) is 9.53 Å². The first-order valence-corrected chi connectivity index (χ1v) is 8.60. The van der Waals surface area contributed by atoms with Crippen molar-refractivity contribution in [1.29, 1.82) is 0 Å². The third-order valence-electron chi connectivity index (χ3n) is 3.51. The van der Waals surface area contributed by atoms with Crippen molar-refractivity contribution < 1.29 is 19.7 Å². The second-order valence-corrected chi connectivity index (χ2v) is 5.70. The van der Waals surface area contributed by atoms with Gasteiger partial charge in [-0.15, -0.1) is 17.8 Å². The number of carbonyl (C=O) groups is 1. The summed E-state index contributed by atoms with van der Waals surface area (Å²) in [4.78, 5) is 10.3. The number of rotatable bonds is 8. The van der Waals surface area contributed by atoms with E-state index in [0.717, 1.165) is 12.8 Å². The Kier molecular flexibility index (Phi) is 10.5. The van der Waals surface area contributed by atoms with Gasteiger partial charge in [0.2, 0.25) is 0 Å². The maximum absolute atomic E-state index is 10.3. The summed E-state index contributed by atoms with van der Waals surface area (Å²) < 4.78 is 5.36. The van der Waals surface area contributed by atoms with Crippen molar-refractivity contribution in [2.75, 3.05) is 0 Å². The van der Waals surface area contributed by atoms with Crippen LogP contribution in [0.25, 0.3) is 0 Å². The minimum absolute atomic E-state index is 0.0681. The molecule has 0 bridgehead atoms. The first kappa shape index (κ1) is 20.1. The number of carboxylic acids is 1. The van der Waals surface area contributed by atoms with Crippen LogP contribution >= 0.6 is 0 Å². The smallest absolute Gasteiger partial charge is 0.303 e. The van der Waals surface area contributed by atoms with Crippen LogP contribution < -0.4 is 0 Å². The normalized spacial score (nSPS) is 18.9. The van der Waals surface area contributed by atoms with Gasteiger partial charge in [-0.25, -0.2) is 0 Å². The lowest BCUT2D eigenvalue weighted by atomic mass is 10.1. The molecule has 1 heterocycles. The summed E-state index contributed by atoms with van der Waals surface area (Å²) in [6.07, 6.45) is 5.64. The molecule has 0 aromatic heterocycles. The van der Waals surface area contributed by atoms with Crippen molar-refractivity contribution in [3.8, 4) is 35.5 Å². The Labute approximate surface area is 145 Å². The zero-order valence-electron chi connectivity index (χ0n) is 14.3. The van der Waals surface area contributed by atoms with E-state index in [1.54, 1.807) is 0 Å². The quantitative estimate of drug-likeness (QED) is 0.408. The lowest BCUT2D eigenvalue weighted by Crippen LogP contribution is -2.14. The topological polar surface area (TPSA) is 70.1 Å². The molecule has 1 aliphatic rings. The predicted molar refractivity (Wildman–Crippen MR) is 92.9 cm³/mol. The van der Waals surface area contributed by atoms with Crippen LogP contribution in [-0.4, -0.2) is 34.5 Å². The van der Waals surface area contributed by atoms with Crippen molar-refractivity contribution in [2.24, 2.45) is 0 Å². The highest BCUT2D eigenvalue weighted by Gasteiger charge is 2.43. The van der Waals surface area contributed by atoms with Crippen LogP contribution in [0.3, 0.4) is 0 Å². The highest BCUT2D eigenvalue weighted by Crippen LogP contribution is 2.27. The van der Waals surface area contributed by atoms with Crippen molar-refractivity contribution >= 4 is 5.97 Å². The van der Waals surface area contributed by atoms with Gasteiger partial charge in [0.25, 0.3) is 0 Å². The van der Waals surface area contributed by atoms with Gasteiger partial charge < -0.3 is 14.9 Å². The van der Waals surface area contributed by atoms with Crippen LogP contribution in [0.2, 0.25) is 0 Å². The summed E-state index contributed by atoms with van der Waals surface area (Å²) >= 11 is 0. The maximum atomic E-state index is 10.3. The second-order valence-electron chi connectivity index (χ2n) is 5.70. The fourth-order valence-corrected chi connectivity index (χ4v) is 2.08. The number of unbranched alkanes of at least 4 members (excludes halogenated alkanes) is 4. The Morgan fingerprint density at radius 2 is 1.83 bits per heavy atom. The van der Waals surface area contributed by atoms with Gasteiger partial charge in [-0.1, -0.05) is 37.5 Å². The molecule has 1 rings (SSSR count). The minimum Gasteiger partial charge on any atom is -0.481 e. The van der Waals surface area contributed by atoms with E-state index in [2.05, 4.69) is 42.4 Å². The highest BCUT2D eigenvalue weighted by molar-refractivity contribution is 5.66. The van der Waals surface area contributed by atoms with Gasteiger partial charge in [-0.2, -0.15) is 0 Å². The van der Waals surface area contributed by atoms with E-state index in [-0.39, 0.29) is 18.6 Å². The highest BCUT2D eigenvalue weighted by atomic mass is 16.6. The van der Waals surface area contributed by atoms with E-state index in [0.29, 0.717) is 25.7 Å².